The highest BCUT2D eigenvalue weighted by Crippen LogP contribution is 2.23. The van der Waals surface area contributed by atoms with Crippen molar-refractivity contribution in [2.45, 2.75) is 20.1 Å². The number of amides is 1. The van der Waals surface area contributed by atoms with Crippen molar-refractivity contribution >= 4 is 5.91 Å². The smallest absolute Gasteiger partial charge is 0.243 e. The van der Waals surface area contributed by atoms with Crippen molar-refractivity contribution < 1.29 is 15.0 Å². The molecule has 1 aromatic heterocycles. The summed E-state index contributed by atoms with van der Waals surface area (Å²) in [6.07, 6.45) is 2.62. The van der Waals surface area contributed by atoms with Gasteiger partial charge in [0, 0.05) is 23.9 Å². The first-order chi connectivity index (χ1) is 7.60. The number of aryl methyl sites for hydroxylation is 1. The van der Waals surface area contributed by atoms with Crippen molar-refractivity contribution in [3.05, 3.63) is 35.7 Å². The molecule has 0 bridgehead atoms. The molecule has 0 aliphatic carbocycles. The van der Waals surface area contributed by atoms with Gasteiger partial charge in [0.25, 0.3) is 0 Å². The summed E-state index contributed by atoms with van der Waals surface area (Å²) < 4.78 is 0. The lowest BCUT2D eigenvalue weighted by Gasteiger charge is -2.11. The first-order valence-corrected chi connectivity index (χ1v) is 4.77. The molecule has 0 saturated carbocycles. The highest BCUT2D eigenvalue weighted by Gasteiger charge is 2.11. The number of hydrogen-bond donors (Lipinski definition) is 3. The lowest BCUT2D eigenvalue weighted by Crippen LogP contribution is -2.21. The van der Waals surface area contributed by atoms with Crippen LogP contribution in [0.15, 0.2) is 18.9 Å². The Morgan fingerprint density at radius 3 is 2.94 bits per heavy atom. The van der Waals surface area contributed by atoms with Crippen LogP contribution in [-0.4, -0.2) is 21.1 Å². The average molecular weight is 222 g/mol. The molecule has 0 radical (unpaired) electrons. The third-order valence-corrected chi connectivity index (χ3v) is 2.23. The molecule has 0 fully saturated rings. The number of aromatic nitrogens is 1. The first kappa shape index (κ1) is 12.2. The quantitative estimate of drug-likeness (QED) is 0.643. The highest BCUT2D eigenvalue weighted by molar-refractivity contribution is 5.86. The fraction of sp³-hybridized carbons (Fsp3) is 0.273. The van der Waals surface area contributed by atoms with Crippen LogP contribution in [0.4, 0.5) is 0 Å². The second kappa shape index (κ2) is 5.27. The molecule has 3 N–H and O–H groups in total. The number of pyridine rings is 1. The Labute approximate surface area is 93.5 Å². The molecule has 0 spiro atoms. The van der Waals surface area contributed by atoms with Gasteiger partial charge in [0.2, 0.25) is 5.91 Å². The highest BCUT2D eigenvalue weighted by atomic mass is 16.3. The Hall–Kier alpha value is -1.88. The fourth-order valence-corrected chi connectivity index (χ4v) is 1.27. The number of rotatable bonds is 4. The normalized spacial score (nSPS) is 9.88. The molecule has 0 unspecified atom stereocenters. The number of carbonyl (C=O) groups is 1. The van der Waals surface area contributed by atoms with Gasteiger partial charge in [-0.05, 0) is 13.0 Å². The van der Waals surface area contributed by atoms with Crippen LogP contribution in [0.1, 0.15) is 16.8 Å². The van der Waals surface area contributed by atoms with E-state index in [4.69, 9.17) is 5.11 Å². The SMILES string of the molecule is C=CC(=O)NCc1c(CO)cnc(C)c1O. The number of hydrogen-bond acceptors (Lipinski definition) is 4. The summed E-state index contributed by atoms with van der Waals surface area (Å²) in [7, 11) is 0. The summed E-state index contributed by atoms with van der Waals surface area (Å²) in [5.41, 5.74) is 1.43. The third kappa shape index (κ3) is 2.58. The summed E-state index contributed by atoms with van der Waals surface area (Å²) in [4.78, 5) is 14.9. The van der Waals surface area contributed by atoms with Crippen LogP contribution in [0.3, 0.4) is 0 Å². The minimum Gasteiger partial charge on any atom is -0.506 e. The van der Waals surface area contributed by atoms with Crippen LogP contribution < -0.4 is 5.32 Å². The van der Waals surface area contributed by atoms with E-state index < -0.39 is 0 Å². The summed E-state index contributed by atoms with van der Waals surface area (Å²) in [5, 5.41) is 21.4. The molecular weight excluding hydrogens is 208 g/mol. The van der Waals surface area contributed by atoms with Crippen molar-refractivity contribution in [2.24, 2.45) is 0 Å². The molecule has 16 heavy (non-hydrogen) atoms. The van der Waals surface area contributed by atoms with Gasteiger partial charge in [-0.3, -0.25) is 9.78 Å². The van der Waals surface area contributed by atoms with Gasteiger partial charge in [0.1, 0.15) is 5.75 Å². The largest absolute Gasteiger partial charge is 0.506 e. The number of nitrogens with one attached hydrogen (secondary N) is 1. The molecule has 86 valence electrons. The number of aliphatic hydroxyl groups excluding tert-OH is 1. The van der Waals surface area contributed by atoms with Crippen LogP contribution in [0.5, 0.6) is 5.75 Å². The van der Waals surface area contributed by atoms with Crippen molar-refractivity contribution in [3.63, 3.8) is 0 Å². The fourth-order valence-electron chi connectivity index (χ4n) is 1.27. The van der Waals surface area contributed by atoms with Gasteiger partial charge in [-0.1, -0.05) is 6.58 Å². The van der Waals surface area contributed by atoms with Crippen LogP contribution in [0.2, 0.25) is 0 Å². The monoisotopic (exact) mass is 222 g/mol. The topological polar surface area (TPSA) is 82.5 Å². The Kier molecular flexibility index (Phi) is 4.02. The van der Waals surface area contributed by atoms with Gasteiger partial charge >= 0.3 is 0 Å². The second-order valence-electron chi connectivity index (χ2n) is 3.28. The van der Waals surface area contributed by atoms with Crippen LogP contribution in [-0.2, 0) is 17.9 Å². The zero-order chi connectivity index (χ0) is 12.1. The summed E-state index contributed by atoms with van der Waals surface area (Å²) in [6.45, 7) is 4.87. The molecule has 5 heteroatoms. The molecule has 5 nitrogen and oxygen atoms in total. The Morgan fingerprint density at radius 1 is 1.69 bits per heavy atom. The van der Waals surface area contributed by atoms with E-state index in [0.29, 0.717) is 16.8 Å². The Balaban J connectivity index is 2.96. The standard InChI is InChI=1S/C11H14N2O3/c1-3-10(15)13-5-9-8(6-14)4-12-7(2)11(9)16/h3-4,14,16H,1,5-6H2,2H3,(H,13,15). The maximum absolute atomic E-state index is 11.0. The average Bonchev–Trinajstić information content (AvgIpc) is 2.30. The number of aromatic hydroxyl groups is 1. The van der Waals surface area contributed by atoms with Crippen molar-refractivity contribution in [3.8, 4) is 5.75 Å². The van der Waals surface area contributed by atoms with Gasteiger partial charge in [-0.25, -0.2) is 0 Å². The van der Waals surface area contributed by atoms with Gasteiger partial charge in [-0.2, -0.15) is 0 Å². The summed E-state index contributed by atoms with van der Waals surface area (Å²) in [5.74, 6) is -0.339. The molecular formula is C11H14N2O3. The Morgan fingerprint density at radius 2 is 2.38 bits per heavy atom. The zero-order valence-corrected chi connectivity index (χ0v) is 9.03. The van der Waals surface area contributed by atoms with Crippen molar-refractivity contribution in [2.75, 3.05) is 0 Å². The van der Waals surface area contributed by atoms with E-state index in [1.54, 1.807) is 6.92 Å². The van der Waals surface area contributed by atoms with Crippen LogP contribution in [0, 0.1) is 6.92 Å². The molecule has 1 amide bonds. The number of nitrogens with zero attached hydrogens (tertiary/aromatic N) is 1. The lowest BCUT2D eigenvalue weighted by atomic mass is 10.1. The van der Waals surface area contributed by atoms with E-state index >= 15 is 0 Å². The summed E-state index contributed by atoms with van der Waals surface area (Å²) >= 11 is 0. The lowest BCUT2D eigenvalue weighted by molar-refractivity contribution is -0.116. The van der Waals surface area contributed by atoms with E-state index in [1.165, 1.54) is 6.20 Å². The molecule has 1 heterocycles. The summed E-state index contributed by atoms with van der Waals surface area (Å²) in [6, 6.07) is 0. The third-order valence-electron chi connectivity index (χ3n) is 2.23. The van der Waals surface area contributed by atoms with Gasteiger partial charge in [-0.15, -0.1) is 0 Å². The predicted octanol–water partition coefficient (Wildman–Crippen LogP) is 0.390. The Bertz CT molecular complexity index is 416. The minimum absolute atomic E-state index is 0.00378. The van der Waals surface area contributed by atoms with E-state index in [9.17, 15) is 9.90 Å². The molecule has 0 aliphatic heterocycles. The van der Waals surface area contributed by atoms with Gasteiger partial charge in [0.15, 0.2) is 0 Å². The second-order valence-corrected chi connectivity index (χ2v) is 3.28. The molecule has 0 atom stereocenters. The minimum atomic E-state index is -0.335. The number of aliphatic hydroxyl groups is 1. The number of carbonyl (C=O) groups excluding carboxylic acids is 1. The molecule has 0 aliphatic rings. The van der Waals surface area contributed by atoms with E-state index in [1.807, 2.05) is 0 Å². The molecule has 0 aromatic carbocycles. The molecule has 1 rings (SSSR count). The molecule has 1 aromatic rings. The maximum atomic E-state index is 11.0. The van der Waals surface area contributed by atoms with Gasteiger partial charge < -0.3 is 15.5 Å². The molecule has 0 saturated heterocycles. The van der Waals surface area contributed by atoms with E-state index in [2.05, 4.69) is 16.9 Å². The zero-order valence-electron chi connectivity index (χ0n) is 9.03. The predicted molar refractivity (Wildman–Crippen MR) is 58.6 cm³/mol. The maximum Gasteiger partial charge on any atom is 0.243 e. The van der Waals surface area contributed by atoms with Crippen LogP contribution in [0.25, 0.3) is 0 Å². The van der Waals surface area contributed by atoms with E-state index in [-0.39, 0.29) is 24.8 Å². The van der Waals surface area contributed by atoms with Gasteiger partial charge in [0.05, 0.1) is 12.3 Å². The van der Waals surface area contributed by atoms with Crippen molar-refractivity contribution in [1.29, 1.82) is 0 Å². The van der Waals surface area contributed by atoms with E-state index in [0.717, 1.165) is 6.08 Å². The van der Waals surface area contributed by atoms with Crippen molar-refractivity contribution in [1.82, 2.24) is 10.3 Å². The van der Waals surface area contributed by atoms with Crippen LogP contribution >= 0.6 is 0 Å². The first-order valence-electron chi connectivity index (χ1n) is 4.77.